The molecule has 0 bridgehead atoms. The van der Waals surface area contributed by atoms with Gasteiger partial charge in [-0.15, -0.1) is 5.10 Å². The average Bonchev–Trinajstić information content (AvgIpc) is 3.14. The molecule has 152 valence electrons. The summed E-state index contributed by atoms with van der Waals surface area (Å²) in [4.78, 5) is 15.5. The molecule has 3 heterocycles. The molecule has 0 aliphatic carbocycles. The van der Waals surface area contributed by atoms with E-state index in [-0.39, 0.29) is 5.95 Å². The molecule has 0 saturated carbocycles. The molecule has 1 saturated heterocycles. The molecule has 2 aromatic heterocycles. The summed E-state index contributed by atoms with van der Waals surface area (Å²) in [5, 5.41) is 7.57. The van der Waals surface area contributed by atoms with Crippen LogP contribution in [0, 0.1) is 0 Å². The second kappa shape index (κ2) is 8.21. The number of piperidine rings is 1. The van der Waals surface area contributed by atoms with Crippen molar-refractivity contribution in [2.45, 2.75) is 19.3 Å². The van der Waals surface area contributed by atoms with Gasteiger partial charge in [-0.2, -0.15) is 14.6 Å². The van der Waals surface area contributed by atoms with Gasteiger partial charge < -0.3 is 25.4 Å². The number of rotatable bonds is 6. The molecular weight excluding hydrogens is 372 g/mol. The van der Waals surface area contributed by atoms with Crippen LogP contribution in [0.2, 0.25) is 0 Å². The van der Waals surface area contributed by atoms with Gasteiger partial charge in [-0.1, -0.05) is 0 Å². The predicted octanol–water partition coefficient (Wildman–Crippen LogP) is 2.39. The highest BCUT2D eigenvalue weighted by molar-refractivity contribution is 5.60. The molecule has 1 fully saturated rings. The summed E-state index contributed by atoms with van der Waals surface area (Å²) in [6, 6.07) is 7.21. The Balaban J connectivity index is 1.57. The molecule has 10 nitrogen and oxygen atoms in total. The molecule has 0 atom stereocenters. The van der Waals surface area contributed by atoms with Gasteiger partial charge >= 0.3 is 0 Å². The highest BCUT2D eigenvalue weighted by Gasteiger charge is 2.16. The number of nitrogens with two attached hydrogens (primary N) is 1. The van der Waals surface area contributed by atoms with E-state index >= 15 is 0 Å². The van der Waals surface area contributed by atoms with Gasteiger partial charge in [-0.3, -0.25) is 0 Å². The van der Waals surface area contributed by atoms with Crippen LogP contribution in [-0.2, 0) is 0 Å². The summed E-state index contributed by atoms with van der Waals surface area (Å²) >= 11 is 0. The first kappa shape index (κ1) is 18.8. The maximum absolute atomic E-state index is 6.09. The van der Waals surface area contributed by atoms with Crippen LogP contribution in [0.5, 0.6) is 11.5 Å². The number of hydrogen-bond acceptors (Lipinski definition) is 9. The standard InChI is InChI=1S/C19H24N8O2/c1-28-14-7-6-13(12-15(14)29-2)22-18-24-17(20)27(25-18)16-8-9-21-19(23-16)26-10-4-3-5-11-26/h6-9,12H,3-5,10-11H2,1-2H3,(H3,20,22,24,25). The SMILES string of the molecule is COc1ccc(Nc2nc(N)n(-c3ccnc(N4CCCCC4)n3)n2)cc1OC. The van der Waals surface area contributed by atoms with E-state index in [0.717, 1.165) is 31.6 Å². The minimum atomic E-state index is 0.233. The molecule has 0 amide bonds. The van der Waals surface area contributed by atoms with Crippen molar-refractivity contribution in [2.24, 2.45) is 0 Å². The van der Waals surface area contributed by atoms with Crippen LogP contribution in [0.1, 0.15) is 19.3 Å². The fraction of sp³-hybridized carbons (Fsp3) is 0.368. The van der Waals surface area contributed by atoms with E-state index in [1.54, 1.807) is 38.6 Å². The van der Waals surface area contributed by atoms with E-state index in [0.29, 0.717) is 29.2 Å². The van der Waals surface area contributed by atoms with E-state index in [1.807, 2.05) is 6.07 Å². The van der Waals surface area contributed by atoms with Gasteiger partial charge in [0.2, 0.25) is 17.8 Å². The van der Waals surface area contributed by atoms with Crippen molar-refractivity contribution in [2.75, 3.05) is 43.3 Å². The maximum atomic E-state index is 6.09. The zero-order valence-corrected chi connectivity index (χ0v) is 16.5. The molecule has 4 rings (SSSR count). The highest BCUT2D eigenvalue weighted by atomic mass is 16.5. The van der Waals surface area contributed by atoms with Crippen LogP contribution in [0.15, 0.2) is 30.5 Å². The number of hydrogen-bond donors (Lipinski definition) is 2. The third kappa shape index (κ3) is 4.00. The van der Waals surface area contributed by atoms with Crippen molar-refractivity contribution in [1.29, 1.82) is 0 Å². The van der Waals surface area contributed by atoms with Crippen molar-refractivity contribution < 1.29 is 9.47 Å². The van der Waals surface area contributed by atoms with E-state index < -0.39 is 0 Å². The number of methoxy groups -OCH3 is 2. The molecule has 3 N–H and O–H groups in total. The second-order valence-corrected chi connectivity index (χ2v) is 6.66. The van der Waals surface area contributed by atoms with Gasteiger partial charge in [0, 0.05) is 37.1 Å². The fourth-order valence-electron chi connectivity index (χ4n) is 3.29. The maximum Gasteiger partial charge on any atom is 0.248 e. The Kier molecular flexibility index (Phi) is 5.32. The fourth-order valence-corrected chi connectivity index (χ4v) is 3.29. The van der Waals surface area contributed by atoms with Gasteiger partial charge in [0.15, 0.2) is 17.3 Å². The number of nitrogens with one attached hydrogen (secondary N) is 1. The zero-order valence-electron chi connectivity index (χ0n) is 16.5. The number of aromatic nitrogens is 5. The quantitative estimate of drug-likeness (QED) is 0.648. The number of nitrogen functional groups attached to an aromatic ring is 1. The lowest BCUT2D eigenvalue weighted by Gasteiger charge is -2.26. The average molecular weight is 396 g/mol. The third-order valence-electron chi connectivity index (χ3n) is 4.76. The van der Waals surface area contributed by atoms with Crippen LogP contribution in [0.3, 0.4) is 0 Å². The summed E-state index contributed by atoms with van der Waals surface area (Å²) < 4.78 is 12.1. The summed E-state index contributed by atoms with van der Waals surface area (Å²) in [6.07, 6.45) is 5.27. The molecule has 0 spiro atoms. The summed E-state index contributed by atoms with van der Waals surface area (Å²) in [5.74, 6) is 3.09. The van der Waals surface area contributed by atoms with Crippen LogP contribution in [0.25, 0.3) is 5.82 Å². The van der Waals surface area contributed by atoms with Gasteiger partial charge in [0.25, 0.3) is 0 Å². The molecular formula is C19H24N8O2. The Morgan fingerprint density at radius 2 is 1.79 bits per heavy atom. The van der Waals surface area contributed by atoms with Gasteiger partial charge in [-0.05, 0) is 31.4 Å². The predicted molar refractivity (Wildman–Crippen MR) is 110 cm³/mol. The molecule has 0 unspecified atom stereocenters. The second-order valence-electron chi connectivity index (χ2n) is 6.66. The summed E-state index contributed by atoms with van der Waals surface area (Å²) in [7, 11) is 3.18. The lowest BCUT2D eigenvalue weighted by atomic mass is 10.1. The molecule has 0 radical (unpaired) electrons. The zero-order chi connectivity index (χ0) is 20.2. The van der Waals surface area contributed by atoms with E-state index in [9.17, 15) is 0 Å². The Morgan fingerprint density at radius 1 is 1.00 bits per heavy atom. The van der Waals surface area contributed by atoms with E-state index in [1.165, 1.54) is 11.1 Å². The number of nitrogens with zero attached hydrogens (tertiary/aromatic N) is 6. The Hall–Kier alpha value is -3.56. The highest BCUT2D eigenvalue weighted by Crippen LogP contribution is 2.30. The van der Waals surface area contributed by atoms with Crippen molar-refractivity contribution >= 4 is 23.5 Å². The minimum absolute atomic E-state index is 0.233. The van der Waals surface area contributed by atoms with E-state index in [2.05, 4.69) is 30.3 Å². The van der Waals surface area contributed by atoms with Gasteiger partial charge in [-0.25, -0.2) is 4.98 Å². The molecule has 1 aliphatic heterocycles. The van der Waals surface area contributed by atoms with Gasteiger partial charge in [0.1, 0.15) is 0 Å². The monoisotopic (exact) mass is 396 g/mol. The molecule has 3 aromatic rings. The summed E-state index contributed by atoms with van der Waals surface area (Å²) in [5.41, 5.74) is 6.83. The van der Waals surface area contributed by atoms with Gasteiger partial charge in [0.05, 0.1) is 14.2 Å². The van der Waals surface area contributed by atoms with Crippen LogP contribution >= 0.6 is 0 Å². The smallest absolute Gasteiger partial charge is 0.248 e. The molecule has 29 heavy (non-hydrogen) atoms. The Morgan fingerprint density at radius 3 is 2.55 bits per heavy atom. The first-order chi connectivity index (χ1) is 14.2. The molecule has 1 aromatic carbocycles. The first-order valence-electron chi connectivity index (χ1n) is 9.48. The van der Waals surface area contributed by atoms with Crippen LogP contribution in [0.4, 0.5) is 23.5 Å². The topological polar surface area (TPSA) is 116 Å². The lowest BCUT2D eigenvalue weighted by Crippen LogP contribution is -2.31. The van der Waals surface area contributed by atoms with Crippen molar-refractivity contribution in [3.05, 3.63) is 30.5 Å². The van der Waals surface area contributed by atoms with Crippen molar-refractivity contribution in [3.8, 4) is 17.3 Å². The lowest BCUT2D eigenvalue weighted by molar-refractivity contribution is 0.355. The molecule has 1 aliphatic rings. The first-order valence-corrected chi connectivity index (χ1v) is 9.48. The van der Waals surface area contributed by atoms with E-state index in [4.69, 9.17) is 15.2 Å². The number of anilines is 4. The normalized spacial score (nSPS) is 13.9. The largest absolute Gasteiger partial charge is 0.493 e. The van der Waals surface area contributed by atoms with Crippen molar-refractivity contribution in [1.82, 2.24) is 24.7 Å². The van der Waals surface area contributed by atoms with Crippen molar-refractivity contribution in [3.63, 3.8) is 0 Å². The third-order valence-corrected chi connectivity index (χ3v) is 4.76. The minimum Gasteiger partial charge on any atom is -0.493 e. The Labute approximate surface area is 168 Å². The Bertz CT molecular complexity index is 984. The number of ether oxygens (including phenoxy) is 2. The number of benzene rings is 1. The molecule has 10 heteroatoms. The van der Waals surface area contributed by atoms with Crippen LogP contribution in [-0.4, -0.2) is 52.0 Å². The summed E-state index contributed by atoms with van der Waals surface area (Å²) in [6.45, 7) is 1.92. The van der Waals surface area contributed by atoms with Crippen LogP contribution < -0.4 is 25.4 Å².